The summed E-state index contributed by atoms with van der Waals surface area (Å²) in [4.78, 5) is 27.8. The molecule has 1 aliphatic heterocycles. The highest BCUT2D eigenvalue weighted by Crippen LogP contribution is 2.08. The SMILES string of the molecule is CCCC(=O)N1CCN(CC(=O)c2ccc(F)cc2)CC1. The Balaban J connectivity index is 1.82. The van der Waals surface area contributed by atoms with Crippen LogP contribution in [0.1, 0.15) is 30.1 Å². The van der Waals surface area contributed by atoms with E-state index in [1.54, 1.807) is 0 Å². The highest BCUT2D eigenvalue weighted by atomic mass is 19.1. The summed E-state index contributed by atoms with van der Waals surface area (Å²) in [6, 6.07) is 5.63. The maximum atomic E-state index is 12.8. The largest absolute Gasteiger partial charge is 0.340 e. The van der Waals surface area contributed by atoms with Gasteiger partial charge in [0.05, 0.1) is 6.54 Å². The Morgan fingerprint density at radius 2 is 1.71 bits per heavy atom. The minimum Gasteiger partial charge on any atom is -0.340 e. The average molecular weight is 292 g/mol. The first-order valence-electron chi connectivity index (χ1n) is 7.39. The molecule has 0 N–H and O–H groups in total. The molecule has 1 aliphatic rings. The molecule has 114 valence electrons. The molecule has 1 amide bonds. The van der Waals surface area contributed by atoms with E-state index in [0.717, 1.165) is 6.42 Å². The predicted octanol–water partition coefficient (Wildman–Crippen LogP) is 1.95. The van der Waals surface area contributed by atoms with E-state index in [1.165, 1.54) is 24.3 Å². The Labute approximate surface area is 124 Å². The molecule has 21 heavy (non-hydrogen) atoms. The van der Waals surface area contributed by atoms with Gasteiger partial charge in [-0.3, -0.25) is 14.5 Å². The van der Waals surface area contributed by atoms with Crippen LogP contribution in [0.2, 0.25) is 0 Å². The highest BCUT2D eigenvalue weighted by molar-refractivity contribution is 5.97. The Hall–Kier alpha value is -1.75. The Bertz CT molecular complexity index is 494. The van der Waals surface area contributed by atoms with Crippen LogP contribution in [0.4, 0.5) is 4.39 Å². The van der Waals surface area contributed by atoms with Crippen molar-refractivity contribution in [2.24, 2.45) is 0 Å². The van der Waals surface area contributed by atoms with E-state index in [0.29, 0.717) is 44.7 Å². The molecular weight excluding hydrogens is 271 g/mol. The summed E-state index contributed by atoms with van der Waals surface area (Å²) in [5, 5.41) is 0. The summed E-state index contributed by atoms with van der Waals surface area (Å²) in [6.45, 7) is 5.09. The number of Topliss-reactive ketones (excluding diaryl/α,β-unsaturated/α-hetero) is 1. The number of rotatable bonds is 5. The van der Waals surface area contributed by atoms with E-state index >= 15 is 0 Å². The molecule has 1 heterocycles. The number of carbonyl (C=O) groups excluding carboxylic acids is 2. The lowest BCUT2D eigenvalue weighted by Gasteiger charge is -2.34. The van der Waals surface area contributed by atoms with Gasteiger partial charge in [-0.05, 0) is 30.7 Å². The van der Waals surface area contributed by atoms with Crippen molar-refractivity contribution in [2.45, 2.75) is 19.8 Å². The van der Waals surface area contributed by atoms with Gasteiger partial charge in [0.1, 0.15) is 5.82 Å². The van der Waals surface area contributed by atoms with Crippen LogP contribution in [-0.2, 0) is 4.79 Å². The minimum atomic E-state index is -0.338. The van der Waals surface area contributed by atoms with Gasteiger partial charge >= 0.3 is 0 Å². The van der Waals surface area contributed by atoms with Crippen molar-refractivity contribution >= 4 is 11.7 Å². The van der Waals surface area contributed by atoms with Gasteiger partial charge < -0.3 is 4.90 Å². The molecular formula is C16H21FN2O2. The summed E-state index contributed by atoms with van der Waals surface area (Å²) in [7, 11) is 0. The van der Waals surface area contributed by atoms with E-state index < -0.39 is 0 Å². The fourth-order valence-electron chi connectivity index (χ4n) is 2.46. The minimum absolute atomic E-state index is 0.0108. The number of halogens is 1. The average Bonchev–Trinajstić information content (AvgIpc) is 2.49. The van der Waals surface area contributed by atoms with E-state index in [2.05, 4.69) is 0 Å². The van der Waals surface area contributed by atoms with E-state index in [9.17, 15) is 14.0 Å². The van der Waals surface area contributed by atoms with Gasteiger partial charge in [-0.25, -0.2) is 4.39 Å². The number of ketones is 1. The van der Waals surface area contributed by atoms with Crippen LogP contribution >= 0.6 is 0 Å². The number of hydrogen-bond acceptors (Lipinski definition) is 3. The fraction of sp³-hybridized carbons (Fsp3) is 0.500. The van der Waals surface area contributed by atoms with E-state index in [4.69, 9.17) is 0 Å². The predicted molar refractivity (Wildman–Crippen MR) is 78.7 cm³/mol. The van der Waals surface area contributed by atoms with Crippen LogP contribution in [0.3, 0.4) is 0 Å². The molecule has 1 fully saturated rings. The smallest absolute Gasteiger partial charge is 0.222 e. The standard InChI is InChI=1S/C16H21FN2O2/c1-2-3-16(21)19-10-8-18(9-11-19)12-15(20)13-4-6-14(17)7-5-13/h4-7H,2-3,8-12H2,1H3. The molecule has 5 heteroatoms. The molecule has 0 aromatic heterocycles. The molecule has 1 aromatic rings. The number of piperazine rings is 1. The Morgan fingerprint density at radius 1 is 1.10 bits per heavy atom. The van der Waals surface area contributed by atoms with Crippen LogP contribution in [0, 0.1) is 5.82 Å². The Kier molecular flexibility index (Phi) is 5.44. The quantitative estimate of drug-likeness (QED) is 0.779. The van der Waals surface area contributed by atoms with Gasteiger partial charge in [0, 0.05) is 38.2 Å². The van der Waals surface area contributed by atoms with Gasteiger partial charge in [0.2, 0.25) is 5.91 Å². The van der Waals surface area contributed by atoms with Gasteiger partial charge in [0.25, 0.3) is 0 Å². The summed E-state index contributed by atoms with van der Waals surface area (Å²) >= 11 is 0. The number of benzene rings is 1. The van der Waals surface area contributed by atoms with Crippen molar-refractivity contribution in [3.8, 4) is 0 Å². The molecule has 4 nitrogen and oxygen atoms in total. The lowest BCUT2D eigenvalue weighted by atomic mass is 10.1. The second kappa shape index (κ2) is 7.31. The molecule has 0 unspecified atom stereocenters. The van der Waals surface area contributed by atoms with Crippen molar-refractivity contribution in [1.82, 2.24) is 9.80 Å². The molecule has 0 radical (unpaired) electrons. The maximum Gasteiger partial charge on any atom is 0.222 e. The van der Waals surface area contributed by atoms with Gasteiger partial charge in [-0.15, -0.1) is 0 Å². The monoisotopic (exact) mass is 292 g/mol. The van der Waals surface area contributed by atoms with E-state index in [1.807, 2.05) is 16.7 Å². The zero-order valence-electron chi connectivity index (χ0n) is 12.3. The van der Waals surface area contributed by atoms with Crippen LogP contribution in [0.25, 0.3) is 0 Å². The van der Waals surface area contributed by atoms with Crippen LogP contribution < -0.4 is 0 Å². The van der Waals surface area contributed by atoms with Gasteiger partial charge in [-0.2, -0.15) is 0 Å². The summed E-state index contributed by atoms with van der Waals surface area (Å²) in [5.41, 5.74) is 0.529. The normalized spacial score (nSPS) is 16.0. The zero-order valence-corrected chi connectivity index (χ0v) is 12.3. The van der Waals surface area contributed by atoms with Crippen molar-refractivity contribution in [1.29, 1.82) is 0 Å². The van der Waals surface area contributed by atoms with Gasteiger partial charge in [-0.1, -0.05) is 6.92 Å². The lowest BCUT2D eigenvalue weighted by molar-refractivity contribution is -0.132. The second-order valence-corrected chi connectivity index (χ2v) is 5.34. The second-order valence-electron chi connectivity index (χ2n) is 5.34. The molecule has 0 aliphatic carbocycles. The fourth-order valence-corrected chi connectivity index (χ4v) is 2.46. The molecule has 0 saturated carbocycles. The van der Waals surface area contributed by atoms with Crippen molar-refractivity contribution < 1.29 is 14.0 Å². The first kappa shape index (κ1) is 15.6. The number of nitrogens with zero attached hydrogens (tertiary/aromatic N) is 2. The van der Waals surface area contributed by atoms with Crippen LogP contribution in [0.5, 0.6) is 0 Å². The summed E-state index contributed by atoms with van der Waals surface area (Å²) < 4.78 is 12.8. The van der Waals surface area contributed by atoms with Crippen LogP contribution in [-0.4, -0.2) is 54.2 Å². The third-order valence-corrected chi connectivity index (χ3v) is 3.72. The molecule has 2 rings (SSSR count). The van der Waals surface area contributed by atoms with Gasteiger partial charge in [0.15, 0.2) is 5.78 Å². The maximum absolute atomic E-state index is 12.8. The number of amides is 1. The molecule has 0 bridgehead atoms. The molecule has 1 saturated heterocycles. The first-order chi connectivity index (χ1) is 10.1. The van der Waals surface area contributed by atoms with Crippen molar-refractivity contribution in [3.63, 3.8) is 0 Å². The molecule has 0 spiro atoms. The summed E-state index contributed by atoms with van der Waals surface area (Å²) in [5.74, 6) is -0.153. The first-order valence-corrected chi connectivity index (χ1v) is 7.39. The third kappa shape index (κ3) is 4.36. The van der Waals surface area contributed by atoms with Crippen molar-refractivity contribution in [3.05, 3.63) is 35.6 Å². The number of carbonyl (C=O) groups is 2. The van der Waals surface area contributed by atoms with Crippen LogP contribution in [0.15, 0.2) is 24.3 Å². The third-order valence-electron chi connectivity index (χ3n) is 3.72. The summed E-state index contributed by atoms with van der Waals surface area (Å²) in [6.07, 6.45) is 1.45. The van der Waals surface area contributed by atoms with E-state index in [-0.39, 0.29) is 17.5 Å². The molecule has 0 atom stereocenters. The topological polar surface area (TPSA) is 40.6 Å². The lowest BCUT2D eigenvalue weighted by Crippen LogP contribution is -2.49. The Morgan fingerprint density at radius 3 is 2.29 bits per heavy atom. The van der Waals surface area contributed by atoms with Crippen molar-refractivity contribution in [2.75, 3.05) is 32.7 Å². The highest BCUT2D eigenvalue weighted by Gasteiger charge is 2.22. The zero-order chi connectivity index (χ0) is 15.2. The number of hydrogen-bond donors (Lipinski definition) is 0. The molecule has 1 aromatic carbocycles.